The molecule has 0 aliphatic heterocycles. The van der Waals surface area contributed by atoms with Crippen molar-refractivity contribution in [2.24, 2.45) is 0 Å². The highest BCUT2D eigenvalue weighted by molar-refractivity contribution is 7.98. The van der Waals surface area contributed by atoms with E-state index in [0.717, 1.165) is 18.8 Å². The molecule has 0 saturated carbocycles. The molecule has 0 aromatic carbocycles. The molecular formula is C12H18ClN3OS. The molecule has 18 heavy (non-hydrogen) atoms. The molecule has 0 aliphatic rings. The van der Waals surface area contributed by atoms with E-state index in [0.29, 0.717) is 16.5 Å². The van der Waals surface area contributed by atoms with E-state index < -0.39 is 0 Å². The number of hydrogen-bond acceptors (Lipinski definition) is 4. The van der Waals surface area contributed by atoms with Crippen LogP contribution in [0.25, 0.3) is 0 Å². The van der Waals surface area contributed by atoms with Gasteiger partial charge in [-0.25, -0.2) is 4.98 Å². The van der Waals surface area contributed by atoms with Crippen LogP contribution < -0.4 is 5.32 Å². The third-order valence-corrected chi connectivity index (χ3v) is 3.16. The number of thioether (sulfide) groups is 1. The van der Waals surface area contributed by atoms with Gasteiger partial charge in [0.1, 0.15) is 11.0 Å². The Bertz CT molecular complexity index is 414. The van der Waals surface area contributed by atoms with Gasteiger partial charge in [0.05, 0.1) is 0 Å². The van der Waals surface area contributed by atoms with E-state index in [2.05, 4.69) is 10.3 Å². The Hall–Kier alpha value is -0.940. The summed E-state index contributed by atoms with van der Waals surface area (Å²) in [6, 6.07) is 3.33. The molecule has 0 bridgehead atoms. The standard InChI is InChI=1S/C12H18ClN3OS/c1-4-14-11-8-9(7-10(13)15-11)12(17)16(2)5-6-18-3/h7-8H,4-6H2,1-3H3,(H,14,15). The normalized spacial score (nSPS) is 10.2. The van der Waals surface area contributed by atoms with Crippen molar-refractivity contribution in [2.75, 3.05) is 37.5 Å². The molecule has 1 aromatic rings. The van der Waals surface area contributed by atoms with E-state index in [9.17, 15) is 4.79 Å². The van der Waals surface area contributed by atoms with E-state index in [4.69, 9.17) is 11.6 Å². The van der Waals surface area contributed by atoms with Crippen LogP contribution in [0.2, 0.25) is 5.15 Å². The highest BCUT2D eigenvalue weighted by atomic mass is 35.5. The van der Waals surface area contributed by atoms with Gasteiger partial charge in [-0.1, -0.05) is 11.6 Å². The molecule has 100 valence electrons. The first-order valence-corrected chi connectivity index (χ1v) is 7.51. The molecule has 0 spiro atoms. The Labute approximate surface area is 117 Å². The number of aromatic nitrogens is 1. The van der Waals surface area contributed by atoms with Gasteiger partial charge in [-0.3, -0.25) is 4.79 Å². The lowest BCUT2D eigenvalue weighted by molar-refractivity contribution is 0.0803. The summed E-state index contributed by atoms with van der Waals surface area (Å²) < 4.78 is 0. The quantitative estimate of drug-likeness (QED) is 0.817. The number of anilines is 1. The molecule has 0 aliphatic carbocycles. The monoisotopic (exact) mass is 287 g/mol. The average molecular weight is 288 g/mol. The Morgan fingerprint density at radius 3 is 2.89 bits per heavy atom. The number of halogens is 1. The maximum absolute atomic E-state index is 12.2. The molecule has 0 fully saturated rings. The van der Waals surface area contributed by atoms with Crippen LogP contribution in [0.4, 0.5) is 5.82 Å². The van der Waals surface area contributed by atoms with Crippen molar-refractivity contribution in [1.29, 1.82) is 0 Å². The summed E-state index contributed by atoms with van der Waals surface area (Å²) in [5, 5.41) is 3.38. The summed E-state index contributed by atoms with van der Waals surface area (Å²) in [6.45, 7) is 3.43. The molecule has 1 aromatic heterocycles. The summed E-state index contributed by atoms with van der Waals surface area (Å²) in [7, 11) is 1.79. The van der Waals surface area contributed by atoms with Gasteiger partial charge in [-0.15, -0.1) is 0 Å². The lowest BCUT2D eigenvalue weighted by atomic mass is 10.2. The molecule has 1 heterocycles. The Morgan fingerprint density at radius 2 is 2.28 bits per heavy atom. The van der Waals surface area contributed by atoms with Crippen LogP contribution >= 0.6 is 23.4 Å². The van der Waals surface area contributed by atoms with Crippen molar-refractivity contribution < 1.29 is 4.79 Å². The van der Waals surface area contributed by atoms with Gasteiger partial charge in [-0.2, -0.15) is 11.8 Å². The molecular weight excluding hydrogens is 270 g/mol. The predicted octanol–water partition coefficient (Wildman–Crippen LogP) is 2.60. The van der Waals surface area contributed by atoms with E-state index >= 15 is 0 Å². The number of pyridine rings is 1. The molecule has 0 radical (unpaired) electrons. The van der Waals surface area contributed by atoms with Gasteiger partial charge in [0, 0.05) is 31.5 Å². The maximum Gasteiger partial charge on any atom is 0.253 e. The van der Waals surface area contributed by atoms with Crippen molar-refractivity contribution in [3.8, 4) is 0 Å². The van der Waals surface area contributed by atoms with Crippen LogP contribution in [0.1, 0.15) is 17.3 Å². The zero-order valence-electron chi connectivity index (χ0n) is 10.9. The van der Waals surface area contributed by atoms with Crippen molar-refractivity contribution in [3.63, 3.8) is 0 Å². The number of amides is 1. The largest absolute Gasteiger partial charge is 0.370 e. The van der Waals surface area contributed by atoms with Crippen molar-refractivity contribution >= 4 is 35.1 Å². The SMILES string of the molecule is CCNc1cc(C(=O)N(C)CCSC)cc(Cl)n1. The van der Waals surface area contributed by atoms with E-state index in [1.54, 1.807) is 35.8 Å². The molecule has 0 unspecified atom stereocenters. The van der Waals surface area contributed by atoms with E-state index in [-0.39, 0.29) is 5.91 Å². The minimum absolute atomic E-state index is 0.0347. The van der Waals surface area contributed by atoms with Gasteiger partial charge >= 0.3 is 0 Å². The number of carbonyl (C=O) groups excluding carboxylic acids is 1. The number of rotatable bonds is 6. The number of nitrogens with one attached hydrogen (secondary N) is 1. The van der Waals surface area contributed by atoms with Crippen molar-refractivity contribution in [1.82, 2.24) is 9.88 Å². The van der Waals surface area contributed by atoms with Gasteiger partial charge in [-0.05, 0) is 25.3 Å². The smallest absolute Gasteiger partial charge is 0.253 e. The first-order chi connectivity index (χ1) is 8.58. The van der Waals surface area contributed by atoms with Crippen molar-refractivity contribution in [3.05, 3.63) is 22.8 Å². The molecule has 0 atom stereocenters. The number of nitrogens with zero attached hydrogens (tertiary/aromatic N) is 2. The second-order valence-corrected chi connectivity index (χ2v) is 5.19. The van der Waals surface area contributed by atoms with E-state index in [1.165, 1.54) is 0 Å². The minimum Gasteiger partial charge on any atom is -0.370 e. The van der Waals surface area contributed by atoms with Gasteiger partial charge in [0.2, 0.25) is 0 Å². The summed E-state index contributed by atoms with van der Waals surface area (Å²) in [5.41, 5.74) is 0.564. The fraction of sp³-hybridized carbons (Fsp3) is 0.500. The number of carbonyl (C=O) groups is 1. The summed E-state index contributed by atoms with van der Waals surface area (Å²) in [6.07, 6.45) is 2.02. The summed E-state index contributed by atoms with van der Waals surface area (Å²) >= 11 is 7.63. The summed E-state index contributed by atoms with van der Waals surface area (Å²) in [5.74, 6) is 1.51. The first kappa shape index (κ1) is 15.1. The van der Waals surface area contributed by atoms with Crippen LogP contribution in [0, 0.1) is 0 Å². The molecule has 6 heteroatoms. The Kier molecular flexibility index (Phi) is 6.29. The van der Waals surface area contributed by atoms with Crippen LogP contribution in [0.3, 0.4) is 0 Å². The second kappa shape index (κ2) is 7.48. The van der Waals surface area contributed by atoms with E-state index in [1.807, 2.05) is 13.2 Å². The lowest BCUT2D eigenvalue weighted by Gasteiger charge is -2.17. The molecule has 1 amide bonds. The first-order valence-electron chi connectivity index (χ1n) is 5.74. The van der Waals surface area contributed by atoms with Crippen LogP contribution in [-0.4, -0.2) is 47.9 Å². The van der Waals surface area contributed by atoms with Crippen molar-refractivity contribution in [2.45, 2.75) is 6.92 Å². The van der Waals surface area contributed by atoms with Crippen LogP contribution in [-0.2, 0) is 0 Å². The highest BCUT2D eigenvalue weighted by Crippen LogP contribution is 2.16. The Balaban J connectivity index is 2.84. The fourth-order valence-corrected chi connectivity index (χ4v) is 2.11. The third kappa shape index (κ3) is 4.38. The van der Waals surface area contributed by atoms with Gasteiger partial charge in [0.15, 0.2) is 0 Å². The molecule has 1 rings (SSSR count). The second-order valence-electron chi connectivity index (χ2n) is 3.81. The predicted molar refractivity (Wildman–Crippen MR) is 78.8 cm³/mol. The van der Waals surface area contributed by atoms with Gasteiger partial charge in [0.25, 0.3) is 5.91 Å². The van der Waals surface area contributed by atoms with Gasteiger partial charge < -0.3 is 10.2 Å². The molecule has 1 N–H and O–H groups in total. The highest BCUT2D eigenvalue weighted by Gasteiger charge is 2.13. The van der Waals surface area contributed by atoms with Crippen LogP contribution in [0.15, 0.2) is 12.1 Å². The Morgan fingerprint density at radius 1 is 1.56 bits per heavy atom. The number of hydrogen-bond donors (Lipinski definition) is 1. The topological polar surface area (TPSA) is 45.2 Å². The maximum atomic E-state index is 12.2. The zero-order valence-corrected chi connectivity index (χ0v) is 12.4. The van der Waals surface area contributed by atoms with Crippen LogP contribution in [0.5, 0.6) is 0 Å². The lowest BCUT2D eigenvalue weighted by Crippen LogP contribution is -2.29. The fourth-order valence-electron chi connectivity index (χ4n) is 1.44. The molecule has 4 nitrogen and oxygen atoms in total. The molecule has 0 saturated heterocycles. The zero-order chi connectivity index (χ0) is 13.5. The average Bonchev–Trinajstić information content (AvgIpc) is 2.34. The third-order valence-electron chi connectivity index (χ3n) is 2.38. The minimum atomic E-state index is -0.0347. The summed E-state index contributed by atoms with van der Waals surface area (Å²) in [4.78, 5) is 18.0.